The number of nitrogens with zero attached hydrogens (tertiary/aromatic N) is 4. The molecule has 0 radical (unpaired) electrons. The molecule has 1 saturated heterocycles. The molecule has 1 aliphatic rings. The SMILES string of the molecule is CCC(C)NC(=O)c1ccc(CNC(=NC)N2CCN(Cc3ccon3)CC2)cc1.I. The number of carbonyl (C=O) groups excluding carboxylic acids is 1. The van der Waals surface area contributed by atoms with Gasteiger partial charge in [0.25, 0.3) is 5.91 Å². The van der Waals surface area contributed by atoms with Crippen molar-refractivity contribution in [3.63, 3.8) is 0 Å². The Balaban J connectivity index is 0.00000341. The highest BCUT2D eigenvalue weighted by Gasteiger charge is 2.20. The Morgan fingerprint density at radius 3 is 2.48 bits per heavy atom. The number of hydrogen-bond donors (Lipinski definition) is 2. The zero-order valence-corrected chi connectivity index (χ0v) is 20.8. The lowest BCUT2D eigenvalue weighted by molar-refractivity contribution is 0.0939. The summed E-state index contributed by atoms with van der Waals surface area (Å²) in [7, 11) is 1.81. The summed E-state index contributed by atoms with van der Waals surface area (Å²) in [6, 6.07) is 9.81. The maximum Gasteiger partial charge on any atom is 0.251 e. The first-order valence-electron chi connectivity index (χ1n) is 10.6. The van der Waals surface area contributed by atoms with Gasteiger partial charge in [-0.15, -0.1) is 24.0 Å². The minimum absolute atomic E-state index is 0. The van der Waals surface area contributed by atoms with Crippen molar-refractivity contribution in [2.75, 3.05) is 33.2 Å². The summed E-state index contributed by atoms with van der Waals surface area (Å²) in [5.41, 5.74) is 2.76. The van der Waals surface area contributed by atoms with E-state index in [4.69, 9.17) is 4.52 Å². The molecule has 1 atom stereocenters. The summed E-state index contributed by atoms with van der Waals surface area (Å²) in [5.74, 6) is 0.873. The molecule has 3 rings (SSSR count). The van der Waals surface area contributed by atoms with Crippen LogP contribution in [0.2, 0.25) is 0 Å². The van der Waals surface area contributed by atoms with Crippen molar-refractivity contribution in [1.82, 2.24) is 25.6 Å². The number of rotatable bonds is 7. The van der Waals surface area contributed by atoms with E-state index in [9.17, 15) is 4.79 Å². The van der Waals surface area contributed by atoms with Crippen LogP contribution in [0.3, 0.4) is 0 Å². The highest BCUT2D eigenvalue weighted by molar-refractivity contribution is 14.0. The number of guanidine groups is 1. The molecule has 2 aromatic rings. The Morgan fingerprint density at radius 2 is 1.90 bits per heavy atom. The lowest BCUT2D eigenvalue weighted by Crippen LogP contribution is -2.52. The topological polar surface area (TPSA) is 86.0 Å². The second kappa shape index (κ2) is 12.7. The summed E-state index contributed by atoms with van der Waals surface area (Å²) in [6.07, 6.45) is 2.53. The van der Waals surface area contributed by atoms with E-state index in [0.717, 1.165) is 56.4 Å². The lowest BCUT2D eigenvalue weighted by atomic mass is 10.1. The molecule has 0 saturated carbocycles. The van der Waals surface area contributed by atoms with Gasteiger partial charge in [0.1, 0.15) is 6.26 Å². The van der Waals surface area contributed by atoms with Crippen LogP contribution in [0.5, 0.6) is 0 Å². The van der Waals surface area contributed by atoms with Gasteiger partial charge in [0.05, 0.1) is 5.69 Å². The summed E-state index contributed by atoms with van der Waals surface area (Å²) in [4.78, 5) is 21.3. The average molecular weight is 540 g/mol. The van der Waals surface area contributed by atoms with Gasteiger partial charge in [-0.25, -0.2) is 0 Å². The first kappa shape index (κ1) is 25.1. The summed E-state index contributed by atoms with van der Waals surface area (Å²) < 4.78 is 4.91. The minimum atomic E-state index is -0.0249. The van der Waals surface area contributed by atoms with Crippen LogP contribution in [0.15, 0.2) is 46.1 Å². The van der Waals surface area contributed by atoms with Gasteiger partial charge in [-0.1, -0.05) is 24.2 Å². The highest BCUT2D eigenvalue weighted by Crippen LogP contribution is 2.09. The van der Waals surface area contributed by atoms with Crippen LogP contribution >= 0.6 is 24.0 Å². The Kier molecular flexibility index (Phi) is 10.3. The van der Waals surface area contributed by atoms with Crippen LogP contribution in [-0.4, -0.2) is 66.1 Å². The molecule has 2 heterocycles. The molecule has 1 unspecified atom stereocenters. The number of aromatic nitrogens is 1. The van der Waals surface area contributed by atoms with E-state index < -0.39 is 0 Å². The van der Waals surface area contributed by atoms with E-state index in [1.807, 2.05) is 44.3 Å². The Morgan fingerprint density at radius 1 is 1.19 bits per heavy atom. The monoisotopic (exact) mass is 540 g/mol. The van der Waals surface area contributed by atoms with Gasteiger partial charge in [0.15, 0.2) is 5.96 Å². The molecule has 0 spiro atoms. The number of aliphatic imine (C=N–C) groups is 1. The van der Waals surface area contributed by atoms with E-state index in [1.165, 1.54) is 0 Å². The molecule has 8 nitrogen and oxygen atoms in total. The molecule has 1 fully saturated rings. The maximum absolute atomic E-state index is 12.2. The fraction of sp³-hybridized carbons (Fsp3) is 0.500. The predicted molar refractivity (Wildman–Crippen MR) is 133 cm³/mol. The molecule has 0 aliphatic carbocycles. The maximum atomic E-state index is 12.2. The van der Waals surface area contributed by atoms with Gasteiger partial charge in [-0.2, -0.15) is 0 Å². The van der Waals surface area contributed by atoms with Crippen molar-refractivity contribution in [2.45, 2.75) is 39.4 Å². The second-order valence-electron chi connectivity index (χ2n) is 7.63. The third kappa shape index (κ3) is 7.49. The highest BCUT2D eigenvalue weighted by atomic mass is 127. The van der Waals surface area contributed by atoms with E-state index >= 15 is 0 Å². The van der Waals surface area contributed by atoms with Crippen LogP contribution in [-0.2, 0) is 13.1 Å². The number of benzene rings is 1. The van der Waals surface area contributed by atoms with Crippen LogP contribution < -0.4 is 10.6 Å². The van der Waals surface area contributed by atoms with Crippen LogP contribution in [0.25, 0.3) is 0 Å². The van der Waals surface area contributed by atoms with Crippen molar-refractivity contribution < 1.29 is 9.32 Å². The van der Waals surface area contributed by atoms with Crippen LogP contribution in [0.1, 0.15) is 41.9 Å². The van der Waals surface area contributed by atoms with Crippen molar-refractivity contribution in [2.24, 2.45) is 4.99 Å². The first-order valence-corrected chi connectivity index (χ1v) is 10.6. The number of carbonyl (C=O) groups is 1. The molecule has 1 amide bonds. The fourth-order valence-electron chi connectivity index (χ4n) is 3.36. The molecular formula is C22H33IN6O2. The summed E-state index contributed by atoms with van der Waals surface area (Å²) in [5, 5.41) is 10.4. The molecule has 2 N–H and O–H groups in total. The standard InChI is InChI=1S/C22H32N6O2.HI/c1-4-17(2)25-21(29)19-7-5-18(6-8-19)15-24-22(23-3)28-12-10-27(11-13-28)16-20-9-14-30-26-20;/h5-9,14,17H,4,10-13,15-16H2,1-3H3,(H,23,24)(H,25,29);1H. The van der Waals surface area contributed by atoms with Crippen LogP contribution in [0.4, 0.5) is 0 Å². The number of amides is 1. The van der Waals surface area contributed by atoms with E-state index in [-0.39, 0.29) is 35.9 Å². The van der Waals surface area contributed by atoms with E-state index in [0.29, 0.717) is 12.1 Å². The van der Waals surface area contributed by atoms with E-state index in [2.05, 4.69) is 37.5 Å². The van der Waals surface area contributed by atoms with Gasteiger partial charge in [-0.3, -0.25) is 14.7 Å². The van der Waals surface area contributed by atoms with Gasteiger partial charge >= 0.3 is 0 Å². The molecule has 1 aromatic heterocycles. The molecule has 1 aromatic carbocycles. The lowest BCUT2D eigenvalue weighted by Gasteiger charge is -2.36. The van der Waals surface area contributed by atoms with Crippen molar-refractivity contribution >= 4 is 35.8 Å². The molecule has 31 heavy (non-hydrogen) atoms. The number of hydrogen-bond acceptors (Lipinski definition) is 5. The smallest absolute Gasteiger partial charge is 0.251 e. The fourth-order valence-corrected chi connectivity index (χ4v) is 3.36. The molecule has 9 heteroatoms. The Hall–Kier alpha value is -2.14. The molecule has 1 aliphatic heterocycles. The number of piperazine rings is 1. The first-order chi connectivity index (χ1) is 14.6. The normalized spacial score (nSPS) is 15.8. The summed E-state index contributed by atoms with van der Waals surface area (Å²) in [6.45, 7) is 9.27. The largest absolute Gasteiger partial charge is 0.364 e. The quantitative estimate of drug-likeness (QED) is 0.319. The zero-order chi connectivity index (χ0) is 21.3. The molecule has 170 valence electrons. The van der Waals surface area contributed by atoms with Crippen molar-refractivity contribution in [3.05, 3.63) is 53.4 Å². The number of nitrogens with one attached hydrogen (secondary N) is 2. The van der Waals surface area contributed by atoms with Crippen molar-refractivity contribution in [3.8, 4) is 0 Å². The third-order valence-corrected chi connectivity index (χ3v) is 5.42. The van der Waals surface area contributed by atoms with Gasteiger partial charge in [0, 0.05) is 64.0 Å². The van der Waals surface area contributed by atoms with Gasteiger partial charge < -0.3 is 20.1 Å². The Labute approximate surface area is 201 Å². The summed E-state index contributed by atoms with van der Waals surface area (Å²) >= 11 is 0. The zero-order valence-electron chi connectivity index (χ0n) is 18.5. The molecular weight excluding hydrogens is 507 g/mol. The third-order valence-electron chi connectivity index (χ3n) is 5.42. The molecule has 0 bridgehead atoms. The average Bonchev–Trinajstić information content (AvgIpc) is 3.28. The van der Waals surface area contributed by atoms with E-state index in [1.54, 1.807) is 6.26 Å². The van der Waals surface area contributed by atoms with Crippen LogP contribution in [0, 0.1) is 0 Å². The Bertz CT molecular complexity index is 817. The second-order valence-corrected chi connectivity index (χ2v) is 7.63. The number of halogens is 1. The van der Waals surface area contributed by atoms with Crippen molar-refractivity contribution in [1.29, 1.82) is 0 Å². The van der Waals surface area contributed by atoms with Gasteiger partial charge in [0.2, 0.25) is 0 Å². The predicted octanol–water partition coefficient (Wildman–Crippen LogP) is 2.71. The van der Waals surface area contributed by atoms with Gasteiger partial charge in [-0.05, 0) is 31.0 Å². The minimum Gasteiger partial charge on any atom is -0.364 e.